The van der Waals surface area contributed by atoms with Gasteiger partial charge in [0, 0.05) is 66.6 Å². The highest BCUT2D eigenvalue weighted by Crippen LogP contribution is 2.38. The van der Waals surface area contributed by atoms with Crippen LogP contribution >= 0.6 is 0 Å². The minimum absolute atomic E-state index is 0.0751. The molecule has 29 heavy (non-hydrogen) atoms. The number of carbonyl (C=O) groups is 2. The molecule has 0 saturated heterocycles. The summed E-state index contributed by atoms with van der Waals surface area (Å²) in [4.78, 5) is 23.8. The zero-order chi connectivity index (χ0) is 22.6. The minimum Gasteiger partial charge on any atom is -0.377 e. The van der Waals surface area contributed by atoms with Crippen LogP contribution in [-0.4, -0.2) is 72.1 Å². The third kappa shape index (κ3) is 8.41. The molecular formula is C17H38N2O8Si2. The Hall–Kier alpha value is -0.866. The third-order valence-electron chi connectivity index (χ3n) is 5.52. The first kappa shape index (κ1) is 28.1. The van der Waals surface area contributed by atoms with Crippen LogP contribution in [0.2, 0.25) is 12.1 Å². The molecule has 0 radical (unpaired) electrons. The Morgan fingerprint density at radius 1 is 0.690 bits per heavy atom. The Kier molecular flexibility index (Phi) is 13.0. The molecule has 0 aliphatic rings. The van der Waals surface area contributed by atoms with Gasteiger partial charge in [0.25, 0.3) is 0 Å². The van der Waals surface area contributed by atoms with Gasteiger partial charge >= 0.3 is 17.6 Å². The maximum atomic E-state index is 12.5. The van der Waals surface area contributed by atoms with Gasteiger partial charge in [0.15, 0.2) is 0 Å². The summed E-state index contributed by atoms with van der Waals surface area (Å²) < 4.78 is 32.6. The van der Waals surface area contributed by atoms with Crippen LogP contribution in [0.1, 0.15) is 38.5 Å². The molecule has 2 amide bonds. The Bertz CT molecular complexity index is 459. The summed E-state index contributed by atoms with van der Waals surface area (Å²) in [7, 11) is 3.69. The lowest BCUT2D eigenvalue weighted by atomic mass is 9.75. The van der Waals surface area contributed by atoms with E-state index < -0.39 is 34.8 Å². The van der Waals surface area contributed by atoms with Gasteiger partial charge in [0.1, 0.15) is 0 Å². The lowest BCUT2D eigenvalue weighted by molar-refractivity contribution is -0.130. The van der Waals surface area contributed by atoms with Gasteiger partial charge in [-0.3, -0.25) is 9.59 Å². The van der Waals surface area contributed by atoms with E-state index in [1.807, 2.05) is 0 Å². The molecule has 0 fully saturated rings. The van der Waals surface area contributed by atoms with Crippen molar-refractivity contribution in [3.05, 3.63) is 0 Å². The maximum absolute atomic E-state index is 12.5. The number of primary amides is 2. The number of rotatable bonds is 18. The van der Waals surface area contributed by atoms with Crippen molar-refractivity contribution in [1.29, 1.82) is 0 Å². The average Bonchev–Trinajstić information content (AvgIpc) is 2.72. The molecule has 0 aliphatic carbocycles. The number of nitrogens with two attached hydrogens (primary N) is 2. The lowest BCUT2D eigenvalue weighted by Crippen LogP contribution is -2.44. The van der Waals surface area contributed by atoms with Gasteiger partial charge in [0.2, 0.25) is 11.8 Å². The van der Waals surface area contributed by atoms with Crippen LogP contribution < -0.4 is 11.5 Å². The third-order valence-corrected chi connectivity index (χ3v) is 11.2. The van der Waals surface area contributed by atoms with Crippen molar-refractivity contribution in [2.75, 3.05) is 42.7 Å². The van der Waals surface area contributed by atoms with Crippen molar-refractivity contribution in [3.8, 4) is 0 Å². The molecule has 10 nitrogen and oxygen atoms in total. The van der Waals surface area contributed by atoms with Crippen LogP contribution in [0.4, 0.5) is 0 Å². The van der Waals surface area contributed by atoms with Crippen molar-refractivity contribution < 1.29 is 36.1 Å². The predicted octanol–water partition coefficient (Wildman–Crippen LogP) is 1.04. The molecule has 0 heterocycles. The SMILES string of the molecule is CO[Si](CCCC(CCC[Si](OC)(OC)OC)(CCC(N)=O)C(N)=O)(OC)OC. The lowest BCUT2D eigenvalue weighted by Gasteiger charge is -2.33. The molecule has 0 aromatic heterocycles. The van der Waals surface area contributed by atoms with Crippen LogP contribution in [0.25, 0.3) is 0 Å². The minimum atomic E-state index is -2.77. The van der Waals surface area contributed by atoms with Gasteiger partial charge in [-0.05, 0) is 32.1 Å². The largest absolute Gasteiger partial charge is 0.500 e. The van der Waals surface area contributed by atoms with Gasteiger partial charge in [0.05, 0.1) is 0 Å². The van der Waals surface area contributed by atoms with Gasteiger partial charge in [-0.1, -0.05) is 0 Å². The van der Waals surface area contributed by atoms with Crippen molar-refractivity contribution in [2.45, 2.75) is 50.6 Å². The Balaban J connectivity index is 5.32. The Morgan fingerprint density at radius 2 is 1.03 bits per heavy atom. The molecule has 0 bridgehead atoms. The van der Waals surface area contributed by atoms with Crippen LogP contribution in [0.15, 0.2) is 0 Å². The van der Waals surface area contributed by atoms with Crippen molar-refractivity contribution in [2.24, 2.45) is 16.9 Å². The van der Waals surface area contributed by atoms with E-state index in [0.29, 0.717) is 37.8 Å². The molecule has 0 unspecified atom stereocenters. The molecule has 0 aromatic carbocycles. The number of carbonyl (C=O) groups excluding carboxylic acids is 2. The molecule has 0 saturated carbocycles. The first-order valence-corrected chi connectivity index (χ1v) is 13.4. The van der Waals surface area contributed by atoms with E-state index in [-0.39, 0.29) is 12.8 Å². The second-order valence-electron chi connectivity index (χ2n) is 6.91. The zero-order valence-corrected chi connectivity index (χ0v) is 20.6. The summed E-state index contributed by atoms with van der Waals surface area (Å²) in [5.41, 5.74) is 10.2. The summed E-state index contributed by atoms with van der Waals surface area (Å²) in [6, 6.07) is 1.05. The second-order valence-corrected chi connectivity index (χ2v) is 13.1. The van der Waals surface area contributed by atoms with Crippen molar-refractivity contribution >= 4 is 29.4 Å². The van der Waals surface area contributed by atoms with E-state index in [1.54, 1.807) is 0 Å². The first-order valence-electron chi connectivity index (χ1n) is 9.53. The maximum Gasteiger partial charge on any atom is 0.500 e. The highest BCUT2D eigenvalue weighted by atomic mass is 28.4. The monoisotopic (exact) mass is 454 g/mol. The van der Waals surface area contributed by atoms with E-state index >= 15 is 0 Å². The number of amides is 2. The topological polar surface area (TPSA) is 142 Å². The second kappa shape index (κ2) is 13.4. The molecule has 0 aliphatic heterocycles. The molecule has 0 aromatic rings. The summed E-state index contributed by atoms with van der Waals surface area (Å²) in [5, 5.41) is 0. The van der Waals surface area contributed by atoms with Crippen LogP contribution in [0.5, 0.6) is 0 Å². The Morgan fingerprint density at radius 3 is 1.28 bits per heavy atom. The van der Waals surface area contributed by atoms with Crippen LogP contribution in [-0.2, 0) is 36.1 Å². The highest BCUT2D eigenvalue weighted by Gasteiger charge is 2.43. The molecule has 12 heteroatoms. The fourth-order valence-corrected chi connectivity index (χ4v) is 6.95. The zero-order valence-electron chi connectivity index (χ0n) is 18.6. The van der Waals surface area contributed by atoms with Gasteiger partial charge in [-0.2, -0.15) is 0 Å². The summed E-state index contributed by atoms with van der Waals surface area (Å²) in [6.45, 7) is 0. The van der Waals surface area contributed by atoms with Crippen molar-refractivity contribution in [3.63, 3.8) is 0 Å². The predicted molar refractivity (Wildman–Crippen MR) is 112 cm³/mol. The normalized spacial score (nSPS) is 12.9. The van der Waals surface area contributed by atoms with Crippen LogP contribution in [0, 0.1) is 5.41 Å². The summed E-state index contributed by atoms with van der Waals surface area (Å²) >= 11 is 0. The van der Waals surface area contributed by atoms with E-state index in [1.165, 1.54) is 42.7 Å². The molecule has 0 rings (SSSR count). The van der Waals surface area contributed by atoms with Gasteiger partial charge < -0.3 is 38.0 Å². The fraction of sp³-hybridized carbons (Fsp3) is 0.882. The molecule has 0 spiro atoms. The molecule has 4 N–H and O–H groups in total. The summed E-state index contributed by atoms with van der Waals surface area (Å²) in [6.07, 6.45) is 2.45. The summed E-state index contributed by atoms with van der Waals surface area (Å²) in [5.74, 6) is -0.933. The van der Waals surface area contributed by atoms with Crippen LogP contribution in [0.3, 0.4) is 0 Å². The first-order chi connectivity index (χ1) is 13.6. The standard InChI is InChI=1S/C17H38N2O8Si2/c1-22-28(23-2,24-3)13-7-10-17(16(19)21,12-9-15(18)20)11-8-14-29(25-4,26-5)27-6/h7-14H2,1-6H3,(H2,18,20)(H2,19,21). The molecule has 172 valence electrons. The molecule has 0 atom stereocenters. The van der Waals surface area contributed by atoms with E-state index in [0.717, 1.165) is 0 Å². The Labute approximate surface area is 176 Å². The van der Waals surface area contributed by atoms with Gasteiger partial charge in [-0.15, -0.1) is 0 Å². The highest BCUT2D eigenvalue weighted by molar-refractivity contribution is 6.60. The fourth-order valence-electron chi connectivity index (χ4n) is 3.51. The number of hydrogen-bond acceptors (Lipinski definition) is 8. The smallest absolute Gasteiger partial charge is 0.377 e. The number of hydrogen-bond donors (Lipinski definition) is 2. The average molecular weight is 455 g/mol. The van der Waals surface area contributed by atoms with Crippen molar-refractivity contribution in [1.82, 2.24) is 0 Å². The van der Waals surface area contributed by atoms with Gasteiger partial charge in [-0.25, -0.2) is 0 Å². The molecular weight excluding hydrogens is 416 g/mol. The quantitative estimate of drug-likeness (QED) is 0.293. The van der Waals surface area contributed by atoms with E-state index in [4.69, 9.17) is 38.0 Å². The van der Waals surface area contributed by atoms with E-state index in [2.05, 4.69) is 0 Å². The van der Waals surface area contributed by atoms with E-state index in [9.17, 15) is 9.59 Å².